The van der Waals surface area contributed by atoms with Crippen LogP contribution in [-0.2, 0) is 0 Å². The van der Waals surface area contributed by atoms with E-state index < -0.39 is 0 Å². The van der Waals surface area contributed by atoms with Crippen molar-refractivity contribution in [3.05, 3.63) is 10.3 Å². The van der Waals surface area contributed by atoms with Crippen LogP contribution in [0.2, 0.25) is 0 Å². The van der Waals surface area contributed by atoms with Crippen molar-refractivity contribution < 1.29 is 0 Å². The second-order valence-corrected chi connectivity index (χ2v) is 4.89. The first-order valence-electron chi connectivity index (χ1n) is 3.75. The van der Waals surface area contributed by atoms with Gasteiger partial charge in [0.15, 0.2) is 0 Å². The summed E-state index contributed by atoms with van der Waals surface area (Å²) in [7, 11) is 0. The van der Waals surface area contributed by atoms with Crippen LogP contribution in [0.4, 0.5) is 0 Å². The Kier molecular flexibility index (Phi) is 3.71. The molecular formula is C8H14S2. The molecule has 1 heterocycles. The summed E-state index contributed by atoms with van der Waals surface area (Å²) in [5.41, 5.74) is 0. The quantitative estimate of drug-likeness (QED) is 0.598. The van der Waals surface area contributed by atoms with Gasteiger partial charge in [0.2, 0.25) is 0 Å². The van der Waals surface area contributed by atoms with Crippen LogP contribution in [0.15, 0.2) is 10.3 Å². The van der Waals surface area contributed by atoms with Crippen LogP contribution >= 0.6 is 23.5 Å². The lowest BCUT2D eigenvalue weighted by Crippen LogP contribution is -1.88. The van der Waals surface area contributed by atoms with Crippen molar-refractivity contribution in [2.75, 3.05) is 11.5 Å². The largest absolute Gasteiger partial charge is 0.133 e. The lowest BCUT2D eigenvalue weighted by molar-refractivity contribution is 0.818. The highest BCUT2D eigenvalue weighted by molar-refractivity contribution is 8.06. The van der Waals surface area contributed by atoms with Crippen molar-refractivity contribution in [3.8, 4) is 0 Å². The van der Waals surface area contributed by atoms with Gasteiger partial charge in [-0.15, -0.1) is 23.5 Å². The minimum Gasteiger partial charge on any atom is -0.133 e. The highest BCUT2D eigenvalue weighted by atomic mass is 32.2. The van der Waals surface area contributed by atoms with Gasteiger partial charge < -0.3 is 0 Å². The maximum atomic E-state index is 2.34. The molecule has 10 heavy (non-hydrogen) atoms. The second kappa shape index (κ2) is 4.35. The molecule has 0 aromatic carbocycles. The normalized spacial score (nSPS) is 20.5. The summed E-state index contributed by atoms with van der Waals surface area (Å²) in [5.74, 6) is 3.36. The van der Waals surface area contributed by atoms with Crippen LogP contribution in [0.5, 0.6) is 0 Å². The molecule has 0 bridgehead atoms. The molecule has 0 unspecified atom stereocenters. The summed E-state index contributed by atoms with van der Waals surface area (Å²) in [6.45, 7) is 4.54. The Morgan fingerprint density at radius 1 is 1.40 bits per heavy atom. The summed E-state index contributed by atoms with van der Waals surface area (Å²) in [6.07, 6.45) is 1.36. The van der Waals surface area contributed by atoms with Gasteiger partial charge >= 0.3 is 0 Å². The number of rotatable bonds is 1. The van der Waals surface area contributed by atoms with Gasteiger partial charge in [-0.05, 0) is 34.2 Å². The lowest BCUT2D eigenvalue weighted by Gasteiger charge is -2.06. The highest BCUT2D eigenvalue weighted by Gasteiger charge is 2.06. The second-order valence-electron chi connectivity index (χ2n) is 2.75. The minimum absolute atomic E-state index is 0.732. The van der Waals surface area contributed by atoms with Gasteiger partial charge in [0, 0.05) is 0 Å². The molecule has 0 nitrogen and oxygen atoms in total. The summed E-state index contributed by atoms with van der Waals surface area (Å²) in [4.78, 5) is 1.57. The van der Waals surface area contributed by atoms with Gasteiger partial charge in [-0.3, -0.25) is 0 Å². The number of hydrogen-bond donors (Lipinski definition) is 0. The zero-order valence-corrected chi connectivity index (χ0v) is 8.23. The molecule has 0 amide bonds. The molecule has 58 valence electrons. The topological polar surface area (TPSA) is 0 Å². The summed E-state index contributed by atoms with van der Waals surface area (Å²) in [5, 5.41) is 2.34. The standard InChI is InChI=1S/C8H14S2/c1-7(2)8-6-9-4-3-5-10-8/h6-7H,3-5H2,1-2H3. The monoisotopic (exact) mass is 174 g/mol. The third kappa shape index (κ3) is 2.59. The summed E-state index contributed by atoms with van der Waals surface area (Å²) in [6, 6.07) is 0. The zero-order chi connectivity index (χ0) is 7.40. The SMILES string of the molecule is CC(C)C1=CSCCCS1. The van der Waals surface area contributed by atoms with E-state index in [0.29, 0.717) is 0 Å². The van der Waals surface area contributed by atoms with Crippen molar-refractivity contribution in [3.63, 3.8) is 0 Å². The molecular weight excluding hydrogens is 160 g/mol. The predicted molar refractivity (Wildman–Crippen MR) is 52.5 cm³/mol. The van der Waals surface area contributed by atoms with Crippen molar-refractivity contribution >= 4 is 23.5 Å². The van der Waals surface area contributed by atoms with Crippen LogP contribution in [0.1, 0.15) is 20.3 Å². The molecule has 2 heteroatoms. The average molecular weight is 174 g/mol. The van der Waals surface area contributed by atoms with Gasteiger partial charge in [0.25, 0.3) is 0 Å². The van der Waals surface area contributed by atoms with Gasteiger partial charge in [0.1, 0.15) is 0 Å². The van der Waals surface area contributed by atoms with E-state index >= 15 is 0 Å². The molecule has 0 aromatic rings. The average Bonchev–Trinajstić information content (AvgIpc) is 2.12. The molecule has 0 saturated heterocycles. The lowest BCUT2D eigenvalue weighted by atomic mass is 10.2. The smallest absolute Gasteiger partial charge is 0.00150 e. The van der Waals surface area contributed by atoms with Gasteiger partial charge in [-0.1, -0.05) is 13.8 Å². The molecule has 0 aromatic heterocycles. The molecule has 0 radical (unpaired) electrons. The first-order chi connectivity index (χ1) is 4.80. The van der Waals surface area contributed by atoms with Crippen molar-refractivity contribution in [1.29, 1.82) is 0 Å². The number of allylic oxidation sites excluding steroid dienone is 1. The highest BCUT2D eigenvalue weighted by Crippen LogP contribution is 2.30. The van der Waals surface area contributed by atoms with Crippen LogP contribution in [0.3, 0.4) is 0 Å². The van der Waals surface area contributed by atoms with Crippen LogP contribution < -0.4 is 0 Å². The Balaban J connectivity index is 2.46. The number of thioether (sulfide) groups is 2. The van der Waals surface area contributed by atoms with Gasteiger partial charge in [-0.25, -0.2) is 0 Å². The van der Waals surface area contributed by atoms with Crippen LogP contribution in [0.25, 0.3) is 0 Å². The van der Waals surface area contributed by atoms with E-state index in [-0.39, 0.29) is 0 Å². The Morgan fingerprint density at radius 3 is 2.90 bits per heavy atom. The molecule has 0 atom stereocenters. The van der Waals surface area contributed by atoms with E-state index in [4.69, 9.17) is 0 Å². The van der Waals surface area contributed by atoms with E-state index in [1.54, 1.807) is 4.91 Å². The maximum Gasteiger partial charge on any atom is -0.00150 e. The Labute approximate surface area is 71.8 Å². The fourth-order valence-electron chi connectivity index (χ4n) is 0.810. The van der Waals surface area contributed by atoms with Crippen molar-refractivity contribution in [2.45, 2.75) is 20.3 Å². The molecule has 1 aliphatic rings. The number of hydrogen-bond acceptors (Lipinski definition) is 2. The maximum absolute atomic E-state index is 2.34. The molecule has 0 aliphatic carbocycles. The molecule has 0 spiro atoms. The van der Waals surface area contributed by atoms with E-state index in [1.165, 1.54) is 17.9 Å². The van der Waals surface area contributed by atoms with Gasteiger partial charge in [0.05, 0.1) is 0 Å². The molecule has 0 fully saturated rings. The Bertz CT molecular complexity index is 127. The fourth-order valence-corrected chi connectivity index (χ4v) is 3.19. The molecule has 1 aliphatic heterocycles. The van der Waals surface area contributed by atoms with E-state index in [9.17, 15) is 0 Å². The molecule has 0 N–H and O–H groups in total. The third-order valence-electron chi connectivity index (χ3n) is 1.44. The zero-order valence-electron chi connectivity index (χ0n) is 6.59. The third-order valence-corrected chi connectivity index (χ3v) is 3.95. The van der Waals surface area contributed by atoms with E-state index in [2.05, 4.69) is 19.3 Å². The molecule has 0 saturated carbocycles. The predicted octanol–water partition coefficient (Wildman–Crippen LogP) is 3.35. The minimum atomic E-state index is 0.732. The fraction of sp³-hybridized carbons (Fsp3) is 0.750. The van der Waals surface area contributed by atoms with Crippen molar-refractivity contribution in [2.24, 2.45) is 5.92 Å². The molecule has 1 rings (SSSR count). The van der Waals surface area contributed by atoms with Gasteiger partial charge in [-0.2, -0.15) is 0 Å². The summed E-state index contributed by atoms with van der Waals surface area (Å²) >= 11 is 4.00. The first kappa shape index (κ1) is 8.54. The van der Waals surface area contributed by atoms with E-state index in [0.717, 1.165) is 5.92 Å². The van der Waals surface area contributed by atoms with Crippen molar-refractivity contribution in [1.82, 2.24) is 0 Å². The van der Waals surface area contributed by atoms with Crippen LogP contribution in [0, 0.1) is 5.92 Å². The summed E-state index contributed by atoms with van der Waals surface area (Å²) < 4.78 is 0. The van der Waals surface area contributed by atoms with E-state index in [1.807, 2.05) is 23.5 Å². The first-order valence-corrected chi connectivity index (χ1v) is 5.78. The Morgan fingerprint density at radius 2 is 2.20 bits per heavy atom. The Hall–Kier alpha value is 0.440. The van der Waals surface area contributed by atoms with Crippen LogP contribution in [-0.4, -0.2) is 11.5 Å².